The first-order valence-corrected chi connectivity index (χ1v) is 43.1. The fourth-order valence-electron chi connectivity index (χ4n) is 12.8. The molecule has 16 aromatic rings. The van der Waals surface area contributed by atoms with Crippen LogP contribution in [-0.2, 0) is 91.3 Å². The Kier molecular flexibility index (Phi) is 42.9. The summed E-state index contributed by atoms with van der Waals surface area (Å²) in [5.74, 6) is 0.158. The van der Waals surface area contributed by atoms with Gasteiger partial charge in [-0.15, -0.1) is 0 Å². The van der Waals surface area contributed by atoms with E-state index in [9.17, 15) is 38.4 Å². The summed E-state index contributed by atoms with van der Waals surface area (Å²) >= 11 is 0. The Hall–Kier alpha value is -17.4. The third-order valence-electron chi connectivity index (χ3n) is 19.4. The highest BCUT2D eigenvalue weighted by Gasteiger charge is 2.12. The Morgan fingerprint density at radius 1 is 0.235 bits per heavy atom. The predicted octanol–water partition coefficient (Wildman–Crippen LogP) is 24.3. The van der Waals surface area contributed by atoms with Gasteiger partial charge in [-0.2, -0.15) is 0 Å². The molecule has 0 saturated carbocycles. The van der Waals surface area contributed by atoms with Crippen LogP contribution in [0.5, 0.6) is 28.7 Å². The fraction of sp³-hybridized carbons (Fsp3) is 0.103. The van der Waals surface area contributed by atoms with Crippen LogP contribution in [0.1, 0.15) is 23.6 Å². The average molecular weight is 1820 g/mol. The van der Waals surface area contributed by atoms with Crippen molar-refractivity contribution in [3.8, 4) is 28.7 Å². The van der Waals surface area contributed by atoms with Crippen LogP contribution < -0.4 is 23.7 Å². The lowest BCUT2D eigenvalue weighted by atomic mass is 9.97. The quantitative estimate of drug-likeness (QED) is 0.00978. The van der Waals surface area contributed by atoms with E-state index in [0.29, 0.717) is 63.3 Å². The standard InChI is InChI=1S/C21H20O4.C18H14O2.2C15H14O3.2C13H10O2.C11H12O2.C10H10O2/c1-2-21(22)25-12-10-23-9-11-24-20-8-7-18-13-16-5-3-4-6-17(16)14-19(18)15-20;1-2-18(19)20-12-17-15-9-5-3-7-13(15)11-14-8-4-6-10-16(14)17;1-2-15(16)18-11-10-17-14-9-5-7-12-6-3-4-8-13(12)14;1-2-15(16)18-10-9-17-14-8-7-12-5-3-4-6-13(12)11-14;1-2-13(14)15-12-9-5-7-10-6-3-4-8-11(10)12;1-2-13(14)15-12-8-7-10-5-3-4-6-11(10)9-12;1-9(2)11(12)13-8-10-6-4-3-5-7-10;1-2-10(11)12-8-9-6-4-3-5-7-9/h2-8,13-15H,1,9-12H2;2-11H,1,12H2;2-9H,1,10-11H2;2-8,11H,1,9-10H2;2*2-9H,1H2;3-7H,1,8H2,2H3;2-7H,1,8H2. The van der Waals surface area contributed by atoms with Crippen molar-refractivity contribution in [2.24, 2.45) is 0 Å². The second kappa shape index (κ2) is 57.0. The van der Waals surface area contributed by atoms with E-state index >= 15 is 0 Å². The maximum atomic E-state index is 11.3. The molecule has 0 atom stereocenters. The lowest BCUT2D eigenvalue weighted by molar-refractivity contribution is -0.140. The van der Waals surface area contributed by atoms with Gasteiger partial charge in [0.1, 0.15) is 88.2 Å². The number of fused-ring (bicyclic) bond motifs is 8. The summed E-state index contributed by atoms with van der Waals surface area (Å²) in [7, 11) is 0. The van der Waals surface area contributed by atoms with Gasteiger partial charge in [-0.1, -0.05) is 326 Å². The summed E-state index contributed by atoms with van der Waals surface area (Å²) in [6.45, 7) is 31.9. The highest BCUT2D eigenvalue weighted by atomic mass is 16.6. The first kappa shape index (κ1) is 102. The van der Waals surface area contributed by atoms with Gasteiger partial charge in [-0.05, 0) is 160 Å². The summed E-state index contributed by atoms with van der Waals surface area (Å²) in [4.78, 5) is 87.5. The maximum absolute atomic E-state index is 11.3. The van der Waals surface area contributed by atoms with Crippen LogP contribution in [0, 0.1) is 0 Å². The Balaban J connectivity index is 0.000000176. The van der Waals surface area contributed by atoms with E-state index in [-0.39, 0.29) is 38.4 Å². The minimum Gasteiger partial charge on any atom is -0.491 e. The van der Waals surface area contributed by atoms with Crippen molar-refractivity contribution in [1.29, 1.82) is 0 Å². The lowest BCUT2D eigenvalue weighted by Crippen LogP contribution is -2.12. The van der Waals surface area contributed by atoms with Crippen molar-refractivity contribution >= 4 is 134 Å². The number of carbonyl (C=O) groups excluding carboxylic acids is 8. The van der Waals surface area contributed by atoms with E-state index in [1.165, 1.54) is 27.6 Å². The minimum atomic E-state index is -0.441. The number of ether oxygens (including phenoxy) is 12. The smallest absolute Gasteiger partial charge is 0.335 e. The molecule has 20 heteroatoms. The second-order valence-corrected chi connectivity index (χ2v) is 29.0. The molecule has 0 aromatic heterocycles. The molecule has 0 radical (unpaired) electrons. The molecule has 0 bridgehead atoms. The molecule has 0 aliphatic heterocycles. The minimum absolute atomic E-state index is 0.216. The van der Waals surface area contributed by atoms with Gasteiger partial charge in [0, 0.05) is 64.4 Å². The summed E-state index contributed by atoms with van der Waals surface area (Å²) < 4.78 is 61.8. The van der Waals surface area contributed by atoms with Crippen LogP contribution in [-0.4, -0.2) is 101 Å². The molecule has 0 spiro atoms. The molecule has 20 nitrogen and oxygen atoms in total. The molecule has 0 saturated heterocycles. The van der Waals surface area contributed by atoms with E-state index in [2.05, 4.69) is 113 Å². The molecule has 0 unspecified atom stereocenters. The van der Waals surface area contributed by atoms with Crippen LogP contribution in [0.15, 0.2) is 440 Å². The Bertz CT molecular complexity index is 6720. The van der Waals surface area contributed by atoms with Crippen LogP contribution >= 0.6 is 0 Å². The highest BCUT2D eigenvalue weighted by molar-refractivity contribution is 6.03. The van der Waals surface area contributed by atoms with Crippen molar-refractivity contribution in [2.45, 2.75) is 26.7 Å². The van der Waals surface area contributed by atoms with Crippen molar-refractivity contribution in [2.75, 3.05) is 52.9 Å². The number of hydrogen-bond acceptors (Lipinski definition) is 20. The largest absolute Gasteiger partial charge is 0.491 e. The number of hydrogen-bond donors (Lipinski definition) is 0. The van der Waals surface area contributed by atoms with E-state index in [1.807, 2.05) is 267 Å². The third kappa shape index (κ3) is 34.8. The normalized spacial score (nSPS) is 10.0. The zero-order valence-electron chi connectivity index (χ0n) is 75.5. The number of esters is 8. The number of carbonyl (C=O) groups is 8. The zero-order valence-corrected chi connectivity index (χ0v) is 75.5. The second-order valence-electron chi connectivity index (χ2n) is 29.0. The molecular weight excluding hydrogens is 1710 g/mol. The molecule has 0 aliphatic rings. The Labute approximate surface area is 790 Å². The average Bonchev–Trinajstić information content (AvgIpc) is 0.775. The van der Waals surface area contributed by atoms with Crippen molar-refractivity contribution in [3.63, 3.8) is 0 Å². The molecule has 16 rings (SSSR count). The summed E-state index contributed by atoms with van der Waals surface area (Å²) in [5, 5.41) is 17.9. The van der Waals surface area contributed by atoms with E-state index in [4.69, 9.17) is 56.8 Å². The van der Waals surface area contributed by atoms with Gasteiger partial charge in [0.05, 0.1) is 13.2 Å². The summed E-state index contributed by atoms with van der Waals surface area (Å²) in [6, 6.07) is 111. The van der Waals surface area contributed by atoms with Gasteiger partial charge < -0.3 is 56.8 Å². The molecule has 0 aliphatic carbocycles. The van der Waals surface area contributed by atoms with E-state index < -0.39 is 35.8 Å². The van der Waals surface area contributed by atoms with Crippen LogP contribution in [0.2, 0.25) is 0 Å². The molecule has 16 aromatic carbocycles. The fourth-order valence-corrected chi connectivity index (χ4v) is 12.8. The van der Waals surface area contributed by atoms with Crippen molar-refractivity contribution in [1.82, 2.24) is 0 Å². The Morgan fingerprint density at radius 2 is 0.544 bits per heavy atom. The number of benzene rings is 16. The van der Waals surface area contributed by atoms with Crippen molar-refractivity contribution < 1.29 is 95.2 Å². The Morgan fingerprint density at radius 3 is 1.02 bits per heavy atom. The highest BCUT2D eigenvalue weighted by Crippen LogP contribution is 2.32. The molecule has 0 N–H and O–H groups in total. The summed E-state index contributed by atoms with van der Waals surface area (Å²) in [6.07, 6.45) is 8.05. The van der Waals surface area contributed by atoms with Gasteiger partial charge in [0.2, 0.25) is 0 Å². The zero-order chi connectivity index (χ0) is 96.9. The SMILES string of the molecule is C=C(C)C(=O)OCc1ccccc1.C=CC(=O)OCCOCCOc1ccc2cc3ccccc3cc2c1.C=CC(=O)OCCOc1ccc2ccccc2c1.C=CC(=O)OCCOc1cccc2ccccc12.C=CC(=O)OCc1c2ccccc2cc2ccccc12.C=CC(=O)OCc1ccccc1.C=CC(=O)Oc1ccc2ccccc2c1.C=CC(=O)Oc1cccc2ccccc12. The van der Waals surface area contributed by atoms with Gasteiger partial charge in [-0.3, -0.25) is 0 Å². The summed E-state index contributed by atoms with van der Waals surface area (Å²) in [5.41, 5.74) is 3.43. The van der Waals surface area contributed by atoms with Gasteiger partial charge >= 0.3 is 47.8 Å². The molecule has 688 valence electrons. The third-order valence-corrected chi connectivity index (χ3v) is 19.4. The molecular formula is C116H104O20. The van der Waals surface area contributed by atoms with E-state index in [1.54, 1.807) is 19.1 Å². The molecule has 0 heterocycles. The van der Waals surface area contributed by atoms with Gasteiger partial charge in [0.15, 0.2) is 0 Å². The molecule has 0 amide bonds. The lowest BCUT2D eigenvalue weighted by Gasteiger charge is -2.11. The predicted molar refractivity (Wildman–Crippen MR) is 539 cm³/mol. The first-order chi connectivity index (χ1) is 66.3. The monoisotopic (exact) mass is 1820 g/mol. The molecule has 136 heavy (non-hydrogen) atoms. The van der Waals surface area contributed by atoms with Gasteiger partial charge in [0.25, 0.3) is 0 Å². The van der Waals surface area contributed by atoms with Crippen molar-refractivity contribution in [3.05, 3.63) is 457 Å². The van der Waals surface area contributed by atoms with Crippen LogP contribution in [0.3, 0.4) is 0 Å². The van der Waals surface area contributed by atoms with E-state index in [0.717, 1.165) is 135 Å². The van der Waals surface area contributed by atoms with Crippen LogP contribution in [0.4, 0.5) is 0 Å². The number of rotatable bonds is 31. The topological polar surface area (TPSA) is 247 Å². The van der Waals surface area contributed by atoms with Gasteiger partial charge in [-0.25, -0.2) is 38.4 Å². The molecule has 0 fully saturated rings. The maximum Gasteiger partial charge on any atom is 0.335 e. The first-order valence-electron chi connectivity index (χ1n) is 43.1. The van der Waals surface area contributed by atoms with Crippen LogP contribution in [0.25, 0.3) is 86.2 Å².